The van der Waals surface area contributed by atoms with E-state index in [0.29, 0.717) is 0 Å². The zero-order valence-electron chi connectivity index (χ0n) is 4.91. The van der Waals surface area contributed by atoms with E-state index < -0.39 is 5.97 Å². The molecule has 54 valence electrons. The number of hydrogen-bond acceptors (Lipinski definition) is 4. The predicted octanol–water partition coefficient (Wildman–Crippen LogP) is 1.18. The smallest absolute Gasteiger partial charge is 0.361 e. The van der Waals surface area contributed by atoms with Crippen LogP contribution in [0.1, 0.15) is 10.5 Å². The van der Waals surface area contributed by atoms with Gasteiger partial charge in [-0.15, -0.1) is 0 Å². The zero-order chi connectivity index (χ0) is 7.40. The van der Waals surface area contributed by atoms with Crippen LogP contribution in [0, 0.1) is 0 Å². The van der Waals surface area contributed by atoms with Crippen LogP contribution in [0.15, 0.2) is 17.1 Å². The topological polar surface area (TPSA) is 52.3 Å². The van der Waals surface area contributed by atoms with E-state index in [4.69, 9.17) is 0 Å². The third-order valence-electron chi connectivity index (χ3n) is 0.827. The van der Waals surface area contributed by atoms with Gasteiger partial charge in [0.1, 0.15) is 11.8 Å². The van der Waals surface area contributed by atoms with Crippen molar-refractivity contribution in [1.82, 2.24) is 4.98 Å². The average molecular weight is 206 g/mol. The highest BCUT2D eigenvalue weighted by Gasteiger charge is 2.07. The van der Waals surface area contributed by atoms with E-state index in [9.17, 15) is 4.79 Å². The molecule has 0 saturated carbocycles. The quantitative estimate of drug-likeness (QED) is 0.538. The molecule has 0 aromatic carbocycles. The van der Waals surface area contributed by atoms with Crippen LogP contribution >= 0.6 is 15.9 Å². The molecule has 0 unspecified atom stereocenters. The minimum absolute atomic E-state index is 0.165. The summed E-state index contributed by atoms with van der Waals surface area (Å²) in [4.78, 5) is 14.3. The van der Waals surface area contributed by atoms with Crippen LogP contribution in [0.4, 0.5) is 0 Å². The summed E-state index contributed by atoms with van der Waals surface area (Å²) in [7, 11) is 0. The summed E-state index contributed by atoms with van der Waals surface area (Å²) < 4.78 is 9.10. The van der Waals surface area contributed by atoms with E-state index in [2.05, 4.69) is 30.1 Å². The van der Waals surface area contributed by atoms with Gasteiger partial charge in [-0.1, -0.05) is 0 Å². The number of carbonyl (C=O) groups is 1. The molecule has 0 bridgehead atoms. The minimum Gasteiger partial charge on any atom is -0.451 e. The summed E-state index contributed by atoms with van der Waals surface area (Å²) in [6.45, 7) is 0. The van der Waals surface area contributed by atoms with Gasteiger partial charge >= 0.3 is 5.97 Å². The number of rotatable bonds is 2. The van der Waals surface area contributed by atoms with Gasteiger partial charge in [-0.05, 0) is 15.9 Å². The van der Waals surface area contributed by atoms with Crippen LogP contribution < -0.4 is 0 Å². The molecular weight excluding hydrogens is 202 g/mol. The van der Waals surface area contributed by atoms with Crippen LogP contribution in [-0.4, -0.2) is 16.5 Å². The van der Waals surface area contributed by atoms with Gasteiger partial charge in [0.25, 0.3) is 0 Å². The largest absolute Gasteiger partial charge is 0.451 e. The minimum atomic E-state index is -0.495. The average Bonchev–Trinajstić information content (AvgIpc) is 2.38. The Morgan fingerprint density at radius 3 is 3.20 bits per heavy atom. The normalized spacial score (nSPS) is 9.30. The first kappa shape index (κ1) is 7.27. The second-order valence-electron chi connectivity index (χ2n) is 1.41. The fraction of sp³-hybridized carbons (Fsp3) is 0.200. The summed E-state index contributed by atoms with van der Waals surface area (Å²) in [5.41, 5.74) is 0.345. The van der Waals surface area contributed by atoms with Crippen LogP contribution in [0.2, 0.25) is 0 Å². The number of aromatic nitrogens is 1. The SMILES string of the molecule is O=C(OCBr)c1cocn1. The molecular formula is C5H4BrNO3. The van der Waals surface area contributed by atoms with Crippen molar-refractivity contribution >= 4 is 21.9 Å². The molecule has 0 aliphatic carbocycles. The number of nitrogens with zero attached hydrogens (tertiary/aromatic N) is 1. The molecule has 1 heterocycles. The second-order valence-corrected chi connectivity index (χ2v) is 1.87. The molecule has 0 saturated heterocycles. The highest BCUT2D eigenvalue weighted by atomic mass is 79.9. The van der Waals surface area contributed by atoms with Crippen molar-refractivity contribution in [1.29, 1.82) is 0 Å². The summed E-state index contributed by atoms with van der Waals surface area (Å²) >= 11 is 2.93. The van der Waals surface area contributed by atoms with Crippen molar-refractivity contribution in [3.8, 4) is 0 Å². The number of ether oxygens (including phenoxy) is 1. The van der Waals surface area contributed by atoms with Gasteiger partial charge in [0.05, 0.1) is 0 Å². The van der Waals surface area contributed by atoms with Crippen molar-refractivity contribution in [2.45, 2.75) is 0 Å². The lowest BCUT2D eigenvalue weighted by molar-refractivity contribution is 0.0577. The number of oxazole rings is 1. The van der Waals surface area contributed by atoms with E-state index in [1.165, 1.54) is 12.7 Å². The highest BCUT2D eigenvalue weighted by Crippen LogP contribution is 1.97. The van der Waals surface area contributed by atoms with E-state index in [1.54, 1.807) is 0 Å². The van der Waals surface area contributed by atoms with Gasteiger partial charge in [0, 0.05) is 0 Å². The van der Waals surface area contributed by atoms with Crippen LogP contribution in [0.5, 0.6) is 0 Å². The molecule has 5 heteroatoms. The van der Waals surface area contributed by atoms with Crippen LogP contribution in [0.3, 0.4) is 0 Å². The Morgan fingerprint density at radius 1 is 1.90 bits per heavy atom. The molecule has 0 aliphatic rings. The number of hydrogen-bond donors (Lipinski definition) is 0. The highest BCUT2D eigenvalue weighted by molar-refractivity contribution is 9.09. The fourth-order valence-electron chi connectivity index (χ4n) is 0.437. The molecule has 4 nitrogen and oxygen atoms in total. The number of carbonyl (C=O) groups excluding carboxylic acids is 1. The van der Waals surface area contributed by atoms with E-state index in [1.807, 2.05) is 0 Å². The van der Waals surface area contributed by atoms with Gasteiger partial charge in [0.2, 0.25) is 0 Å². The lowest BCUT2D eigenvalue weighted by Crippen LogP contribution is -2.02. The Morgan fingerprint density at radius 2 is 2.70 bits per heavy atom. The second kappa shape index (κ2) is 3.36. The fourth-order valence-corrected chi connectivity index (χ4v) is 0.645. The monoisotopic (exact) mass is 205 g/mol. The Balaban J connectivity index is 2.59. The first-order chi connectivity index (χ1) is 4.84. The van der Waals surface area contributed by atoms with Crippen molar-refractivity contribution in [2.24, 2.45) is 0 Å². The molecule has 10 heavy (non-hydrogen) atoms. The first-order valence-corrected chi connectivity index (χ1v) is 3.58. The van der Waals surface area contributed by atoms with E-state index >= 15 is 0 Å². The van der Waals surface area contributed by atoms with Crippen molar-refractivity contribution in [3.63, 3.8) is 0 Å². The third-order valence-corrected chi connectivity index (χ3v) is 1.06. The molecule has 1 rings (SSSR count). The lowest BCUT2D eigenvalue weighted by Gasteiger charge is -1.92. The van der Waals surface area contributed by atoms with E-state index in [-0.39, 0.29) is 11.2 Å². The van der Waals surface area contributed by atoms with Crippen LogP contribution in [-0.2, 0) is 4.74 Å². The summed E-state index contributed by atoms with van der Waals surface area (Å²) in [5.74, 6) is -0.495. The van der Waals surface area contributed by atoms with Crippen molar-refractivity contribution in [3.05, 3.63) is 18.4 Å². The summed E-state index contributed by atoms with van der Waals surface area (Å²) in [6.07, 6.45) is 2.40. The molecule has 1 aromatic heterocycles. The molecule has 0 aliphatic heterocycles. The molecule has 0 spiro atoms. The summed E-state index contributed by atoms with van der Waals surface area (Å²) in [5, 5.41) is 0. The van der Waals surface area contributed by atoms with Gasteiger partial charge < -0.3 is 9.15 Å². The molecule has 0 N–H and O–H groups in total. The third kappa shape index (κ3) is 1.57. The number of halogens is 1. The zero-order valence-corrected chi connectivity index (χ0v) is 6.50. The van der Waals surface area contributed by atoms with E-state index in [0.717, 1.165) is 0 Å². The van der Waals surface area contributed by atoms with Gasteiger partial charge in [0.15, 0.2) is 12.1 Å². The first-order valence-electron chi connectivity index (χ1n) is 2.46. The maximum atomic E-state index is 10.7. The maximum Gasteiger partial charge on any atom is 0.361 e. The number of alkyl halides is 1. The van der Waals surface area contributed by atoms with Gasteiger partial charge in [-0.25, -0.2) is 9.78 Å². The Labute approximate surface area is 65.3 Å². The Bertz CT molecular complexity index is 209. The molecule has 0 fully saturated rings. The molecule has 0 atom stereocenters. The van der Waals surface area contributed by atoms with Crippen LogP contribution in [0.25, 0.3) is 0 Å². The maximum absolute atomic E-state index is 10.7. The molecule has 0 radical (unpaired) electrons. The summed E-state index contributed by atoms with van der Waals surface area (Å²) in [6, 6.07) is 0. The predicted molar refractivity (Wildman–Crippen MR) is 35.7 cm³/mol. The van der Waals surface area contributed by atoms with Crippen molar-refractivity contribution in [2.75, 3.05) is 5.52 Å². The van der Waals surface area contributed by atoms with Crippen molar-refractivity contribution < 1.29 is 13.9 Å². The number of esters is 1. The van der Waals surface area contributed by atoms with Gasteiger partial charge in [-0.3, -0.25) is 0 Å². The lowest BCUT2D eigenvalue weighted by atomic mass is 10.5. The molecule has 0 amide bonds. The standard InChI is InChI=1S/C5H4BrNO3/c6-2-10-5(8)4-1-9-3-7-4/h1,3H,2H2. The van der Waals surface area contributed by atoms with Gasteiger partial charge in [-0.2, -0.15) is 0 Å². The Hall–Kier alpha value is -0.840. The Kier molecular flexibility index (Phi) is 2.44. The molecule has 1 aromatic rings.